The Kier molecular flexibility index (Phi) is 32.3. The third-order valence-electron chi connectivity index (χ3n) is 1.60. The minimum Gasteiger partial charge on any atom is -0.412 e. The maximum absolute atomic E-state index is 10.7. The molecule has 10 heteroatoms. The van der Waals surface area contributed by atoms with E-state index in [1.54, 1.807) is 4.90 Å². The van der Waals surface area contributed by atoms with Gasteiger partial charge in [-0.3, -0.25) is 4.79 Å². The number of fused-ring (bicyclic) bond motifs is 1. The van der Waals surface area contributed by atoms with Crippen molar-refractivity contribution in [1.29, 1.82) is 0 Å². The molecule has 2 aliphatic rings. The highest BCUT2D eigenvalue weighted by Gasteiger charge is 2.35. The summed E-state index contributed by atoms with van der Waals surface area (Å²) >= 11 is 1.84. The van der Waals surface area contributed by atoms with Gasteiger partial charge in [0.25, 0.3) is 0 Å². The fourth-order valence-electron chi connectivity index (χ4n) is 1.04. The Hall–Kier alpha value is -0.720. The quantitative estimate of drug-likeness (QED) is 0.391. The second kappa shape index (κ2) is 14.3. The van der Waals surface area contributed by atoms with Gasteiger partial charge in [-0.25, -0.2) is 0 Å². The average Bonchev–Trinajstić information content (AvgIpc) is 1.86. The molecule has 2 aliphatic heterocycles. The molecule has 0 unspecified atom stereocenters. The molecule has 2 heterocycles. The lowest BCUT2D eigenvalue weighted by Crippen LogP contribution is -2.48. The molecule has 0 aromatic carbocycles. The van der Waals surface area contributed by atoms with Gasteiger partial charge in [0, 0.05) is 12.0 Å². The number of carbonyl (C=O) groups is 1. The lowest BCUT2D eigenvalue weighted by atomic mass is 10.2. The van der Waals surface area contributed by atoms with E-state index < -0.39 is 0 Å². The van der Waals surface area contributed by atoms with Gasteiger partial charge in [0.1, 0.15) is 0 Å². The van der Waals surface area contributed by atoms with Crippen LogP contribution in [-0.4, -0.2) is 60.3 Å². The molecular weight excluding hydrogens is 246 g/mol. The van der Waals surface area contributed by atoms with E-state index in [9.17, 15) is 4.79 Å². The molecule has 1 amide bonds. The van der Waals surface area contributed by atoms with Crippen molar-refractivity contribution in [2.75, 3.05) is 5.75 Å². The van der Waals surface area contributed by atoms with Crippen molar-refractivity contribution in [2.45, 2.75) is 11.8 Å². The fraction of sp³-hybridized carbons (Fsp3) is 0.500. The van der Waals surface area contributed by atoms with Gasteiger partial charge in [-0.1, -0.05) is 6.08 Å². The molecule has 1 saturated heterocycles. The van der Waals surface area contributed by atoms with Crippen LogP contribution >= 0.6 is 11.8 Å². The first-order valence-corrected chi connectivity index (χ1v) is 4.02. The molecule has 0 aromatic rings. The second-order valence-corrected chi connectivity index (χ2v) is 3.39. The predicted octanol–water partition coefficient (Wildman–Crippen LogP) is -4.97. The number of thioether (sulfide) groups is 1. The monoisotopic (exact) mass is 267 g/mol. The van der Waals surface area contributed by atoms with Crippen molar-refractivity contribution in [3.8, 4) is 0 Å². The number of carbonyl (C=O) groups excluding carboxylic acids is 1. The van der Waals surface area contributed by atoms with Gasteiger partial charge in [-0.2, -0.15) is 0 Å². The Morgan fingerprint density at radius 2 is 1.56 bits per heavy atom. The molecule has 0 saturated carbocycles. The van der Waals surface area contributed by atoms with E-state index in [1.165, 1.54) is 0 Å². The highest BCUT2D eigenvalue weighted by molar-refractivity contribution is 8.00. The maximum Gasteiger partial charge on any atom is 0.230 e. The van der Waals surface area contributed by atoms with Crippen LogP contribution in [0, 0.1) is 0 Å². The summed E-state index contributed by atoms with van der Waals surface area (Å²) in [4.78, 5) is 12.5. The van der Waals surface area contributed by atoms with E-state index >= 15 is 0 Å². The van der Waals surface area contributed by atoms with E-state index in [2.05, 4.69) is 0 Å². The molecule has 0 spiro atoms. The van der Waals surface area contributed by atoms with Gasteiger partial charge in [0.15, 0.2) is 0 Å². The Balaban J connectivity index is -0.0000000357. The van der Waals surface area contributed by atoms with Crippen LogP contribution in [0.1, 0.15) is 6.42 Å². The van der Waals surface area contributed by atoms with E-state index in [-0.39, 0.29) is 44.2 Å². The number of β-lactam (4-membered cyclic amide) rings is 1. The Morgan fingerprint density at radius 3 is 1.88 bits per heavy atom. The van der Waals surface area contributed by atoms with E-state index in [0.29, 0.717) is 5.37 Å². The summed E-state index contributed by atoms with van der Waals surface area (Å²) in [5.74, 6) is 1.33. The van der Waals surface area contributed by atoms with Crippen molar-refractivity contribution >= 4 is 17.7 Å². The smallest absolute Gasteiger partial charge is 0.230 e. The predicted molar refractivity (Wildman–Crippen MR) is 62.1 cm³/mol. The maximum atomic E-state index is 10.7. The number of amides is 1. The van der Waals surface area contributed by atoms with Crippen LogP contribution < -0.4 is 0 Å². The largest absolute Gasteiger partial charge is 0.412 e. The molecule has 16 heavy (non-hydrogen) atoms. The normalized spacial score (nSPS) is 17.9. The van der Waals surface area contributed by atoms with Crippen molar-refractivity contribution < 1.29 is 43.1 Å². The molecule has 9 nitrogen and oxygen atoms in total. The molecule has 2 rings (SSSR count). The molecule has 1 atom stereocenters. The fourth-order valence-corrected chi connectivity index (χ4v) is 2.07. The third-order valence-corrected chi connectivity index (χ3v) is 2.76. The molecule has 1 fully saturated rings. The summed E-state index contributed by atoms with van der Waals surface area (Å²) in [7, 11) is 0. The highest BCUT2D eigenvalue weighted by atomic mass is 32.2. The zero-order valence-electron chi connectivity index (χ0n) is 8.41. The summed E-state index contributed by atoms with van der Waals surface area (Å²) in [5.41, 5.74) is 0. The second-order valence-electron chi connectivity index (χ2n) is 2.18. The zero-order chi connectivity index (χ0) is 6.27. The number of hydrogen-bond acceptors (Lipinski definition) is 2. The molecular formula is C6H21NO8S. The summed E-state index contributed by atoms with van der Waals surface area (Å²) < 4.78 is 0. The molecule has 0 aliphatic carbocycles. The Labute approximate surface area is 96.3 Å². The van der Waals surface area contributed by atoms with Gasteiger partial charge in [-0.15, -0.1) is 11.8 Å². The standard InChI is InChI=1S/C6H7NOS.7H2O/c8-5-4-6-7(5)2-1-3-9-6;;;;;;;/h1-2,6H,3-4H2;7*1H2/t6-;;;;;;;/m1......./s1. The Bertz CT molecular complexity index is 189. The first-order valence-electron chi connectivity index (χ1n) is 2.97. The minimum atomic E-state index is 0. The van der Waals surface area contributed by atoms with Gasteiger partial charge in [0.2, 0.25) is 5.91 Å². The van der Waals surface area contributed by atoms with Crippen LogP contribution in [0.4, 0.5) is 0 Å². The van der Waals surface area contributed by atoms with Gasteiger partial charge in [-0.05, 0) is 0 Å². The number of rotatable bonds is 0. The number of hydrogen-bond donors (Lipinski definition) is 0. The van der Waals surface area contributed by atoms with Crippen LogP contribution in [0.25, 0.3) is 0 Å². The lowest BCUT2D eigenvalue weighted by molar-refractivity contribution is -0.137. The molecule has 0 bridgehead atoms. The number of nitrogens with zero attached hydrogens (tertiary/aromatic N) is 1. The van der Waals surface area contributed by atoms with Crippen LogP contribution in [0.3, 0.4) is 0 Å². The van der Waals surface area contributed by atoms with Gasteiger partial charge >= 0.3 is 0 Å². The van der Waals surface area contributed by atoms with E-state index in [1.807, 2.05) is 24.0 Å². The molecule has 0 aromatic heterocycles. The first-order chi connectivity index (χ1) is 4.38. The molecule has 0 radical (unpaired) electrons. The zero-order valence-corrected chi connectivity index (χ0v) is 9.23. The molecule has 104 valence electrons. The summed E-state index contributed by atoms with van der Waals surface area (Å²) in [6.45, 7) is 0. The Morgan fingerprint density at radius 1 is 1.06 bits per heavy atom. The molecule has 14 N–H and O–H groups in total. The summed E-state index contributed by atoms with van der Waals surface area (Å²) in [5, 5.41) is 0.475. The van der Waals surface area contributed by atoms with E-state index in [4.69, 9.17) is 0 Å². The summed E-state index contributed by atoms with van der Waals surface area (Å²) in [6.07, 6.45) is 4.67. The SMILES string of the molecule is O.O.O.O.O.O.O.O=C1C[C@H]2SCC=CN12. The van der Waals surface area contributed by atoms with Crippen LogP contribution in [0.15, 0.2) is 12.3 Å². The van der Waals surface area contributed by atoms with Crippen molar-refractivity contribution in [3.05, 3.63) is 12.3 Å². The van der Waals surface area contributed by atoms with Crippen molar-refractivity contribution in [3.63, 3.8) is 0 Å². The van der Waals surface area contributed by atoms with Gasteiger partial charge in [0.05, 0.1) is 11.8 Å². The van der Waals surface area contributed by atoms with Crippen molar-refractivity contribution in [1.82, 2.24) is 4.90 Å². The highest BCUT2D eigenvalue weighted by Crippen LogP contribution is 2.32. The van der Waals surface area contributed by atoms with E-state index in [0.717, 1.165) is 12.2 Å². The minimum absolute atomic E-state index is 0. The lowest BCUT2D eigenvalue weighted by Gasteiger charge is -2.39. The van der Waals surface area contributed by atoms with Crippen LogP contribution in [-0.2, 0) is 4.79 Å². The average molecular weight is 267 g/mol. The van der Waals surface area contributed by atoms with Crippen LogP contribution in [0.5, 0.6) is 0 Å². The van der Waals surface area contributed by atoms with Crippen molar-refractivity contribution in [2.24, 2.45) is 0 Å². The summed E-state index contributed by atoms with van der Waals surface area (Å²) in [6, 6.07) is 0. The third kappa shape index (κ3) is 5.99. The van der Waals surface area contributed by atoms with Crippen LogP contribution in [0.2, 0.25) is 0 Å². The first kappa shape index (κ1) is 36.2. The van der Waals surface area contributed by atoms with Gasteiger partial charge < -0.3 is 43.2 Å². The topological polar surface area (TPSA) is 241 Å².